The molecule has 0 N–H and O–H groups in total. The fourth-order valence-electron chi connectivity index (χ4n) is 2.26. The van der Waals surface area contributed by atoms with Gasteiger partial charge in [0.15, 0.2) is 0 Å². The normalized spacial score (nSPS) is 29.3. The van der Waals surface area contributed by atoms with E-state index in [1.807, 2.05) is 0 Å². The van der Waals surface area contributed by atoms with Crippen LogP contribution in [0.4, 0.5) is 0 Å². The summed E-state index contributed by atoms with van der Waals surface area (Å²) < 4.78 is 5.87. The van der Waals surface area contributed by atoms with Crippen molar-refractivity contribution in [2.75, 3.05) is 6.61 Å². The lowest BCUT2D eigenvalue weighted by molar-refractivity contribution is 0.0128. The third kappa shape index (κ3) is 1.78. The molecule has 0 aromatic heterocycles. The minimum atomic E-state index is 0.442. The van der Waals surface area contributed by atoms with Crippen LogP contribution in [-0.4, -0.2) is 12.7 Å². The zero-order chi connectivity index (χ0) is 9.97. The molecule has 3 aliphatic rings. The van der Waals surface area contributed by atoms with E-state index in [0.29, 0.717) is 12.0 Å². The fourth-order valence-corrected chi connectivity index (χ4v) is 2.26. The Kier molecular flexibility index (Phi) is 3.07. The molecule has 0 amide bonds. The summed E-state index contributed by atoms with van der Waals surface area (Å²) in [5.41, 5.74) is 3.04. The van der Waals surface area contributed by atoms with E-state index in [-0.39, 0.29) is 0 Å². The van der Waals surface area contributed by atoms with Crippen LogP contribution in [0.1, 0.15) is 39.5 Å². The van der Waals surface area contributed by atoms with E-state index in [0.717, 1.165) is 6.61 Å². The summed E-state index contributed by atoms with van der Waals surface area (Å²) in [6.45, 7) is 5.37. The number of allylic oxidation sites excluding steroid dienone is 2. The summed E-state index contributed by atoms with van der Waals surface area (Å²) in [7, 11) is 0. The van der Waals surface area contributed by atoms with Crippen molar-refractivity contribution >= 4 is 0 Å². The third-order valence-corrected chi connectivity index (χ3v) is 3.23. The number of rotatable bonds is 5. The minimum absolute atomic E-state index is 0.442. The molecule has 1 saturated carbocycles. The number of fused-ring (bicyclic) bond motifs is 1. The number of ether oxygens (including phenoxy) is 1. The molecule has 1 nitrogen and oxygen atoms in total. The molecule has 14 heavy (non-hydrogen) atoms. The largest absolute Gasteiger partial charge is 0.373 e. The highest BCUT2D eigenvalue weighted by atomic mass is 16.5. The van der Waals surface area contributed by atoms with Crippen molar-refractivity contribution in [1.82, 2.24) is 0 Å². The molecule has 0 spiro atoms. The first-order valence-corrected chi connectivity index (χ1v) is 5.88. The van der Waals surface area contributed by atoms with Gasteiger partial charge in [0, 0.05) is 12.5 Å². The lowest BCUT2D eigenvalue weighted by Crippen LogP contribution is -2.38. The van der Waals surface area contributed by atoms with E-state index in [9.17, 15) is 0 Å². The minimum Gasteiger partial charge on any atom is -0.373 e. The average molecular weight is 192 g/mol. The van der Waals surface area contributed by atoms with Gasteiger partial charge in [0.25, 0.3) is 0 Å². The van der Waals surface area contributed by atoms with Gasteiger partial charge in [-0.1, -0.05) is 38.0 Å². The lowest BCUT2D eigenvalue weighted by Gasteiger charge is -2.41. The molecule has 0 heterocycles. The zero-order valence-electron chi connectivity index (χ0n) is 9.25. The average Bonchev–Trinajstić information content (AvgIpc) is 2.24. The van der Waals surface area contributed by atoms with Crippen LogP contribution in [0, 0.1) is 5.92 Å². The first-order chi connectivity index (χ1) is 6.85. The fraction of sp³-hybridized carbons (Fsp3) is 0.692. The van der Waals surface area contributed by atoms with Gasteiger partial charge in [-0.15, -0.1) is 0 Å². The van der Waals surface area contributed by atoms with Gasteiger partial charge in [-0.2, -0.15) is 0 Å². The first-order valence-electron chi connectivity index (χ1n) is 5.88. The maximum Gasteiger partial charge on any atom is 0.0854 e. The predicted molar refractivity (Wildman–Crippen MR) is 59.2 cm³/mol. The van der Waals surface area contributed by atoms with Crippen molar-refractivity contribution in [3.63, 3.8) is 0 Å². The van der Waals surface area contributed by atoms with E-state index in [1.54, 1.807) is 0 Å². The molecular formula is C13H20O. The quantitative estimate of drug-likeness (QED) is 0.606. The van der Waals surface area contributed by atoms with Gasteiger partial charge in [0.1, 0.15) is 0 Å². The molecule has 2 unspecified atom stereocenters. The Morgan fingerprint density at radius 3 is 2.86 bits per heavy atom. The molecule has 2 atom stereocenters. The maximum atomic E-state index is 5.87. The Morgan fingerprint density at radius 1 is 1.43 bits per heavy atom. The summed E-state index contributed by atoms with van der Waals surface area (Å²) >= 11 is 0. The van der Waals surface area contributed by atoms with Crippen molar-refractivity contribution in [1.29, 1.82) is 0 Å². The molecular weight excluding hydrogens is 172 g/mol. The molecule has 0 saturated heterocycles. The van der Waals surface area contributed by atoms with Gasteiger partial charge in [-0.05, 0) is 24.8 Å². The Labute approximate surface area is 86.8 Å². The summed E-state index contributed by atoms with van der Waals surface area (Å²) in [5, 5.41) is 0. The molecule has 1 heteroatoms. The van der Waals surface area contributed by atoms with Gasteiger partial charge < -0.3 is 4.74 Å². The highest BCUT2D eigenvalue weighted by Gasteiger charge is 2.37. The summed E-state index contributed by atoms with van der Waals surface area (Å²) in [4.78, 5) is 0. The highest BCUT2D eigenvalue weighted by molar-refractivity contribution is 5.40. The van der Waals surface area contributed by atoms with Crippen LogP contribution >= 0.6 is 0 Å². The van der Waals surface area contributed by atoms with Gasteiger partial charge in [0.05, 0.1) is 6.10 Å². The number of unbranched alkanes of at least 4 members (excludes halogenated alkanes) is 1. The monoisotopic (exact) mass is 192 g/mol. The van der Waals surface area contributed by atoms with E-state index in [1.165, 1.54) is 36.8 Å². The highest BCUT2D eigenvalue weighted by Crippen LogP contribution is 2.42. The van der Waals surface area contributed by atoms with Crippen molar-refractivity contribution in [2.45, 2.75) is 45.6 Å². The van der Waals surface area contributed by atoms with Crippen LogP contribution in [0.25, 0.3) is 0 Å². The van der Waals surface area contributed by atoms with E-state index >= 15 is 0 Å². The molecule has 2 bridgehead atoms. The third-order valence-electron chi connectivity index (χ3n) is 3.23. The van der Waals surface area contributed by atoms with Crippen LogP contribution in [-0.2, 0) is 4.74 Å². The molecule has 0 aliphatic heterocycles. The SMILES string of the molecule is CCCCOC1C2=CC(CC)=CC1C2. The Morgan fingerprint density at radius 2 is 2.29 bits per heavy atom. The van der Waals surface area contributed by atoms with E-state index in [4.69, 9.17) is 4.74 Å². The van der Waals surface area contributed by atoms with Gasteiger partial charge >= 0.3 is 0 Å². The summed E-state index contributed by atoms with van der Waals surface area (Å²) in [6.07, 6.45) is 10.0. The Hall–Kier alpha value is -0.560. The number of hydrogen-bond donors (Lipinski definition) is 0. The smallest absolute Gasteiger partial charge is 0.0854 e. The van der Waals surface area contributed by atoms with Crippen LogP contribution in [0.5, 0.6) is 0 Å². The van der Waals surface area contributed by atoms with Gasteiger partial charge in [0.2, 0.25) is 0 Å². The van der Waals surface area contributed by atoms with Crippen LogP contribution in [0.15, 0.2) is 23.3 Å². The van der Waals surface area contributed by atoms with E-state index in [2.05, 4.69) is 26.0 Å². The van der Waals surface area contributed by atoms with Crippen LogP contribution < -0.4 is 0 Å². The summed E-state index contributed by atoms with van der Waals surface area (Å²) in [6, 6.07) is 0. The van der Waals surface area contributed by atoms with Gasteiger partial charge in [-0.3, -0.25) is 0 Å². The predicted octanol–water partition coefficient (Wildman–Crippen LogP) is 3.47. The molecule has 3 aliphatic carbocycles. The van der Waals surface area contributed by atoms with Crippen molar-refractivity contribution in [3.8, 4) is 0 Å². The Bertz CT molecular complexity index is 262. The van der Waals surface area contributed by atoms with Crippen molar-refractivity contribution in [2.24, 2.45) is 5.92 Å². The van der Waals surface area contributed by atoms with Crippen molar-refractivity contribution in [3.05, 3.63) is 23.3 Å². The zero-order valence-corrected chi connectivity index (χ0v) is 9.25. The molecule has 0 aromatic carbocycles. The first kappa shape index (κ1) is 9.97. The standard InChI is InChI=1S/C13H20O/c1-3-5-6-14-13-11-7-10(4-2)8-12(13)9-11/h7-8,11,13H,3-6,9H2,1-2H3. The summed E-state index contributed by atoms with van der Waals surface area (Å²) in [5.74, 6) is 0.696. The molecule has 78 valence electrons. The molecule has 0 radical (unpaired) electrons. The molecule has 1 fully saturated rings. The van der Waals surface area contributed by atoms with Crippen LogP contribution in [0.2, 0.25) is 0 Å². The topological polar surface area (TPSA) is 9.23 Å². The number of hydrogen-bond acceptors (Lipinski definition) is 1. The second kappa shape index (κ2) is 4.31. The lowest BCUT2D eigenvalue weighted by atomic mass is 9.71. The molecule has 3 rings (SSSR count). The Balaban J connectivity index is 1.84. The van der Waals surface area contributed by atoms with Crippen molar-refractivity contribution < 1.29 is 4.74 Å². The second-order valence-electron chi connectivity index (χ2n) is 4.33. The van der Waals surface area contributed by atoms with E-state index < -0.39 is 0 Å². The maximum absolute atomic E-state index is 5.87. The second-order valence-corrected chi connectivity index (χ2v) is 4.33. The van der Waals surface area contributed by atoms with Crippen LogP contribution in [0.3, 0.4) is 0 Å². The van der Waals surface area contributed by atoms with Gasteiger partial charge in [-0.25, -0.2) is 0 Å². The molecule has 0 aromatic rings.